The van der Waals surface area contributed by atoms with E-state index in [1.165, 1.54) is 35.7 Å². The van der Waals surface area contributed by atoms with Gasteiger partial charge in [0.1, 0.15) is 22.7 Å². The number of thioether (sulfide) groups is 2. The van der Waals surface area contributed by atoms with Gasteiger partial charge in [-0.25, -0.2) is 18.8 Å². The fourth-order valence-electron chi connectivity index (χ4n) is 5.83. The molecule has 0 aromatic heterocycles. The van der Waals surface area contributed by atoms with E-state index < -0.39 is 21.8 Å². The van der Waals surface area contributed by atoms with Gasteiger partial charge in [0.05, 0.1) is 30.3 Å². The number of benzene rings is 2. The molecule has 4 aliphatic heterocycles. The number of hydrogen-bond donors (Lipinski definition) is 4. The van der Waals surface area contributed by atoms with E-state index in [4.69, 9.17) is 31.8 Å². The van der Waals surface area contributed by atoms with Crippen LogP contribution in [-0.2, 0) is 20.6 Å². The Kier molecular flexibility index (Phi) is 11.9. The van der Waals surface area contributed by atoms with E-state index in [-0.39, 0.29) is 66.7 Å². The summed E-state index contributed by atoms with van der Waals surface area (Å²) in [6, 6.07) is 8.08. The summed E-state index contributed by atoms with van der Waals surface area (Å²) in [4.78, 5) is 19.4. The number of fused-ring (bicyclic) bond motifs is 2. The van der Waals surface area contributed by atoms with Crippen molar-refractivity contribution in [1.82, 2.24) is 0 Å². The summed E-state index contributed by atoms with van der Waals surface area (Å²) in [5, 5.41) is 19.4. The molecule has 0 spiro atoms. The number of anilines is 1. The highest BCUT2D eigenvalue weighted by molar-refractivity contribution is 8.14. The van der Waals surface area contributed by atoms with E-state index in [1.54, 1.807) is 19.1 Å². The Morgan fingerprint density at radius 1 is 0.932 bits per heavy atom. The number of rotatable bonds is 3. The van der Waals surface area contributed by atoms with Crippen molar-refractivity contribution in [2.45, 2.75) is 44.1 Å². The van der Waals surface area contributed by atoms with E-state index in [0.29, 0.717) is 33.9 Å². The van der Waals surface area contributed by atoms with Gasteiger partial charge in [-0.05, 0) is 45.0 Å². The lowest BCUT2D eigenvalue weighted by atomic mass is 9.79. The average Bonchev–Trinajstić information content (AvgIpc) is 3.47. The van der Waals surface area contributed by atoms with Gasteiger partial charge in [-0.2, -0.15) is 0 Å². The molecule has 0 unspecified atom stereocenters. The molecule has 6 rings (SSSR count). The van der Waals surface area contributed by atoms with Crippen LogP contribution in [0.2, 0.25) is 0 Å². The second-order valence-corrected chi connectivity index (χ2v) is 12.7. The van der Waals surface area contributed by atoms with Crippen LogP contribution < -0.4 is 17.2 Å². The lowest BCUT2D eigenvalue weighted by Crippen LogP contribution is -2.41. The molecule has 0 aliphatic carbocycles. The van der Waals surface area contributed by atoms with Crippen molar-refractivity contribution in [2.24, 2.45) is 33.3 Å². The van der Waals surface area contributed by atoms with Gasteiger partial charge >= 0.3 is 0 Å². The largest absolute Gasteiger partial charge is 0.399 e. The second-order valence-electron chi connectivity index (χ2n) is 10.6. The van der Waals surface area contributed by atoms with Gasteiger partial charge in [-0.1, -0.05) is 23.5 Å². The van der Waals surface area contributed by atoms with Crippen molar-refractivity contribution < 1.29 is 28.3 Å². The first-order valence-electron chi connectivity index (χ1n) is 13.7. The maximum Gasteiger partial charge on any atom is 0.270 e. The minimum atomic E-state index is -0.967. The molecule has 44 heavy (non-hydrogen) atoms. The zero-order valence-corrected chi connectivity index (χ0v) is 26.9. The van der Waals surface area contributed by atoms with Crippen LogP contribution in [0, 0.1) is 33.6 Å². The van der Waals surface area contributed by atoms with Gasteiger partial charge in [-0.3, -0.25) is 10.1 Å². The van der Waals surface area contributed by atoms with Gasteiger partial charge in [-0.15, -0.1) is 12.4 Å². The Labute approximate surface area is 269 Å². The van der Waals surface area contributed by atoms with E-state index in [0.717, 1.165) is 17.9 Å². The molecule has 2 aromatic carbocycles. The number of hydrogen-bond acceptors (Lipinski definition) is 12. The molecule has 4 heterocycles. The number of halogens is 3. The fourth-order valence-corrected chi connectivity index (χ4v) is 8.08. The molecule has 2 fully saturated rings. The van der Waals surface area contributed by atoms with Crippen LogP contribution in [-0.4, -0.2) is 63.9 Å². The molecule has 11 nitrogen and oxygen atoms in total. The molecule has 0 saturated carbocycles. The number of aliphatic hydroxyl groups is 1. The normalized spacial score (nSPS) is 30.1. The lowest BCUT2D eigenvalue weighted by molar-refractivity contribution is -0.385. The highest BCUT2D eigenvalue weighted by atomic mass is 35.5. The topological polar surface area (TPSA) is 185 Å². The quantitative estimate of drug-likeness (QED) is 0.210. The maximum atomic E-state index is 14.3. The molecule has 242 valence electrons. The SMILES string of the molecule is CCO.C[C@H]1OC[C@]2(c3cc(N)ccc3F)N=C(N)SC[C@H]12.C[C@H]1OC[C@]2(c3cc([N+](=O)[O-])ccc3F)N=C(N)SC[C@H]12.Cl. The van der Waals surface area contributed by atoms with E-state index >= 15 is 0 Å². The van der Waals surface area contributed by atoms with E-state index in [9.17, 15) is 18.9 Å². The second kappa shape index (κ2) is 14.6. The number of aliphatic hydroxyl groups excluding tert-OH is 1. The summed E-state index contributed by atoms with van der Waals surface area (Å²) < 4.78 is 39.9. The molecule has 2 aromatic rings. The van der Waals surface area contributed by atoms with Gasteiger partial charge in [0.25, 0.3) is 5.69 Å². The molecular weight excluding hydrogens is 638 g/mol. The van der Waals surface area contributed by atoms with Crippen molar-refractivity contribution in [3.8, 4) is 0 Å². The number of nitrogens with two attached hydrogens (primary N) is 3. The van der Waals surface area contributed by atoms with E-state index in [2.05, 4.69) is 9.98 Å². The Balaban J connectivity index is 0.000000217. The van der Waals surface area contributed by atoms with E-state index in [1.807, 2.05) is 13.8 Å². The number of aliphatic imine (C=N–C) groups is 2. The Morgan fingerprint density at radius 2 is 1.36 bits per heavy atom. The highest BCUT2D eigenvalue weighted by Gasteiger charge is 2.54. The number of nitrogen functional groups attached to an aromatic ring is 1. The van der Waals surface area contributed by atoms with Crippen LogP contribution in [0.4, 0.5) is 20.2 Å². The number of amidine groups is 2. The third kappa shape index (κ3) is 6.92. The third-order valence-corrected chi connectivity index (χ3v) is 9.84. The van der Waals surface area contributed by atoms with Crippen LogP contribution in [0.3, 0.4) is 0 Å². The molecule has 2 saturated heterocycles. The maximum absolute atomic E-state index is 14.3. The van der Waals surface area contributed by atoms with Gasteiger partial charge in [0.15, 0.2) is 10.3 Å². The Bertz CT molecular complexity index is 1420. The molecule has 0 bridgehead atoms. The first-order valence-corrected chi connectivity index (χ1v) is 15.7. The molecule has 0 amide bonds. The summed E-state index contributed by atoms with van der Waals surface area (Å²) >= 11 is 2.89. The smallest absolute Gasteiger partial charge is 0.270 e. The first kappa shape index (κ1) is 35.8. The summed E-state index contributed by atoms with van der Waals surface area (Å²) in [6.45, 7) is 6.35. The van der Waals surface area contributed by atoms with Crippen LogP contribution in [0.5, 0.6) is 0 Å². The summed E-state index contributed by atoms with van der Waals surface area (Å²) in [7, 11) is 0. The van der Waals surface area contributed by atoms with Crippen LogP contribution >= 0.6 is 35.9 Å². The zero-order valence-electron chi connectivity index (χ0n) is 24.4. The van der Waals surface area contributed by atoms with Gasteiger partial charge in [0.2, 0.25) is 0 Å². The summed E-state index contributed by atoms with van der Waals surface area (Å²) in [5.74, 6) is 0.656. The lowest BCUT2D eigenvalue weighted by Gasteiger charge is -2.35. The third-order valence-electron chi connectivity index (χ3n) is 8.02. The fraction of sp³-hybridized carbons (Fsp3) is 0.500. The number of nitro groups is 1. The number of non-ortho nitro benzene ring substituents is 1. The van der Waals surface area contributed by atoms with Crippen molar-refractivity contribution in [2.75, 3.05) is 37.1 Å². The zero-order chi connectivity index (χ0) is 31.5. The predicted molar refractivity (Wildman–Crippen MR) is 173 cm³/mol. The Hall–Kier alpha value is -2.69. The summed E-state index contributed by atoms with van der Waals surface area (Å²) in [5.41, 5.74) is 16.8. The summed E-state index contributed by atoms with van der Waals surface area (Å²) in [6.07, 6.45) is -0.0711. The van der Waals surface area contributed by atoms with Crippen LogP contribution in [0.15, 0.2) is 46.4 Å². The number of ether oxygens (including phenoxy) is 2. The first-order chi connectivity index (χ1) is 20.4. The number of nitrogens with zero attached hydrogens (tertiary/aromatic N) is 3. The molecule has 0 radical (unpaired) electrons. The minimum absolute atomic E-state index is 0. The van der Waals surface area contributed by atoms with Gasteiger partial charge < -0.3 is 31.8 Å². The number of nitro benzene ring substituents is 1. The minimum Gasteiger partial charge on any atom is -0.399 e. The average molecular weight is 675 g/mol. The molecule has 7 N–H and O–H groups in total. The van der Waals surface area contributed by atoms with Crippen molar-refractivity contribution >= 4 is 57.6 Å². The molecule has 6 atom stereocenters. The standard InChI is InChI=1S/C13H14FN3O3S.C13H16FN3OS.C2H6O.ClH/c1-7-10-5-21-12(15)16-13(10,6-20-7)9-4-8(17(18)19)2-3-11(9)14;1-7-10-5-19-12(16)17-13(10,6-18-7)9-4-8(15)2-3-11(9)14;1-2-3;/h2-4,7,10H,5-6H2,1H3,(H2,15,16);2-4,7,10H,5-6,15H2,1H3,(H2,16,17);3H,2H2,1H3;1H/t2*7-,10-,13-;;/m11../s1. The van der Waals surface area contributed by atoms with Gasteiger partial charge in [0, 0.05) is 58.9 Å². The van der Waals surface area contributed by atoms with Crippen molar-refractivity contribution in [1.29, 1.82) is 0 Å². The van der Waals surface area contributed by atoms with Crippen molar-refractivity contribution in [3.05, 3.63) is 69.3 Å². The molecular formula is C28H37ClF2N6O5S2. The predicted octanol–water partition coefficient (Wildman–Crippen LogP) is 4.15. The monoisotopic (exact) mass is 674 g/mol. The van der Waals surface area contributed by atoms with Crippen LogP contribution in [0.25, 0.3) is 0 Å². The molecule has 16 heteroatoms. The molecule has 4 aliphatic rings. The Morgan fingerprint density at radius 3 is 1.82 bits per heavy atom. The van der Waals surface area contributed by atoms with Crippen molar-refractivity contribution in [3.63, 3.8) is 0 Å². The van der Waals surface area contributed by atoms with Crippen LogP contribution in [0.1, 0.15) is 31.9 Å². The highest BCUT2D eigenvalue weighted by Crippen LogP contribution is 2.49.